The number of pyridine rings is 1. The Morgan fingerprint density at radius 1 is 1.30 bits per heavy atom. The van der Waals surface area contributed by atoms with Crippen molar-refractivity contribution in [1.82, 2.24) is 19.6 Å². The molecular formula is C19H19FN6O2S2. The fourth-order valence-corrected chi connectivity index (χ4v) is 5.38. The number of anilines is 2. The maximum absolute atomic E-state index is 13.1. The topological polar surface area (TPSA) is 111 Å². The van der Waals surface area contributed by atoms with Crippen molar-refractivity contribution < 1.29 is 12.8 Å². The molecule has 11 heteroatoms. The lowest BCUT2D eigenvalue weighted by atomic mass is 9.93. The third-order valence-electron chi connectivity index (χ3n) is 4.84. The van der Waals surface area contributed by atoms with E-state index in [1.165, 1.54) is 24.5 Å². The van der Waals surface area contributed by atoms with Gasteiger partial charge in [0.2, 0.25) is 16.0 Å². The molecule has 2 aromatic heterocycles. The van der Waals surface area contributed by atoms with Crippen molar-refractivity contribution in [2.45, 2.75) is 12.5 Å². The van der Waals surface area contributed by atoms with E-state index in [4.69, 9.17) is 5.41 Å². The van der Waals surface area contributed by atoms with Gasteiger partial charge in [0.05, 0.1) is 23.2 Å². The molecule has 0 aliphatic carbocycles. The van der Waals surface area contributed by atoms with Crippen LogP contribution in [0.4, 0.5) is 15.2 Å². The molecule has 0 saturated carbocycles. The zero-order valence-electron chi connectivity index (χ0n) is 16.2. The van der Waals surface area contributed by atoms with E-state index in [2.05, 4.69) is 20.6 Å². The molecule has 0 spiro atoms. The van der Waals surface area contributed by atoms with Crippen LogP contribution in [-0.4, -0.2) is 41.5 Å². The standard InChI is InChI=1S/C19H19FN6O2S2/c1-19(11-30(27,28)26(2)17(21)25-19)12-4-3-5-14(8-12)23-18-24-16(10-29-18)15-7-6-13(20)9-22-15/h3-10H,11H2,1-2H3,(H2,21,25)(H,23,24). The second-order valence-electron chi connectivity index (χ2n) is 7.13. The molecule has 3 aromatic rings. The normalized spacial score (nSPS) is 20.6. The molecule has 3 N–H and O–H groups in total. The summed E-state index contributed by atoms with van der Waals surface area (Å²) in [5.41, 5.74) is 1.72. The van der Waals surface area contributed by atoms with E-state index in [0.717, 1.165) is 21.8 Å². The fourth-order valence-electron chi connectivity index (χ4n) is 3.17. The number of sulfonamides is 1. The Balaban J connectivity index is 1.57. The molecule has 1 aliphatic heterocycles. The number of guanidine groups is 1. The minimum absolute atomic E-state index is 0.167. The minimum Gasteiger partial charge on any atom is -0.345 e. The Morgan fingerprint density at radius 3 is 2.80 bits per heavy atom. The summed E-state index contributed by atoms with van der Waals surface area (Å²) >= 11 is 1.38. The van der Waals surface area contributed by atoms with Crippen LogP contribution in [-0.2, 0) is 15.6 Å². The van der Waals surface area contributed by atoms with Crippen LogP contribution in [0, 0.1) is 11.2 Å². The molecule has 1 saturated heterocycles. The summed E-state index contributed by atoms with van der Waals surface area (Å²) in [7, 11) is -2.23. The molecule has 8 nitrogen and oxygen atoms in total. The van der Waals surface area contributed by atoms with Crippen LogP contribution >= 0.6 is 11.3 Å². The first-order chi connectivity index (χ1) is 14.2. The summed E-state index contributed by atoms with van der Waals surface area (Å²) in [5, 5.41) is 16.6. The summed E-state index contributed by atoms with van der Waals surface area (Å²) in [6.45, 7) is 1.76. The van der Waals surface area contributed by atoms with E-state index in [1.807, 2.05) is 29.6 Å². The van der Waals surface area contributed by atoms with Gasteiger partial charge in [0.25, 0.3) is 0 Å². The lowest BCUT2D eigenvalue weighted by molar-refractivity contribution is 0.418. The maximum Gasteiger partial charge on any atom is 0.239 e. The highest BCUT2D eigenvalue weighted by atomic mass is 32.2. The Morgan fingerprint density at radius 2 is 2.10 bits per heavy atom. The van der Waals surface area contributed by atoms with E-state index in [-0.39, 0.29) is 11.7 Å². The van der Waals surface area contributed by atoms with E-state index in [1.54, 1.807) is 13.0 Å². The highest BCUT2D eigenvalue weighted by Crippen LogP contribution is 2.31. The molecular weight excluding hydrogens is 427 g/mol. The SMILES string of the molecule is CN1C(=N)NC(C)(c2cccc(Nc3nc(-c4ccc(F)cn4)cs3)c2)CS1(=O)=O. The van der Waals surface area contributed by atoms with Crippen LogP contribution in [0.25, 0.3) is 11.4 Å². The number of nitrogens with one attached hydrogen (secondary N) is 3. The fraction of sp³-hybridized carbons (Fsp3) is 0.211. The van der Waals surface area contributed by atoms with Crippen molar-refractivity contribution in [3.8, 4) is 11.4 Å². The van der Waals surface area contributed by atoms with Crippen molar-refractivity contribution >= 4 is 38.1 Å². The van der Waals surface area contributed by atoms with E-state index >= 15 is 0 Å². The average Bonchev–Trinajstić information content (AvgIpc) is 3.15. The largest absolute Gasteiger partial charge is 0.345 e. The zero-order valence-corrected chi connectivity index (χ0v) is 17.8. The number of hydrogen-bond donors (Lipinski definition) is 3. The molecule has 3 heterocycles. The summed E-state index contributed by atoms with van der Waals surface area (Å²) in [5.74, 6) is -0.742. The molecule has 0 radical (unpaired) electrons. The van der Waals surface area contributed by atoms with E-state index in [9.17, 15) is 12.8 Å². The van der Waals surface area contributed by atoms with Crippen LogP contribution in [0.1, 0.15) is 12.5 Å². The second-order valence-corrected chi connectivity index (χ2v) is 9.99. The minimum atomic E-state index is -3.59. The molecule has 30 heavy (non-hydrogen) atoms. The maximum atomic E-state index is 13.1. The molecule has 4 rings (SSSR count). The molecule has 1 atom stereocenters. The smallest absolute Gasteiger partial charge is 0.239 e. The van der Waals surface area contributed by atoms with Gasteiger partial charge in [-0.1, -0.05) is 12.1 Å². The summed E-state index contributed by atoms with van der Waals surface area (Å²) < 4.78 is 38.8. The van der Waals surface area contributed by atoms with Gasteiger partial charge in [0.1, 0.15) is 11.5 Å². The molecule has 1 aliphatic rings. The zero-order chi connectivity index (χ0) is 21.5. The highest BCUT2D eigenvalue weighted by molar-refractivity contribution is 7.89. The van der Waals surface area contributed by atoms with Crippen molar-refractivity contribution in [3.63, 3.8) is 0 Å². The quantitative estimate of drug-likeness (QED) is 0.568. The van der Waals surface area contributed by atoms with Gasteiger partial charge in [-0.05, 0) is 36.8 Å². The second kappa shape index (κ2) is 7.33. The average molecular weight is 447 g/mol. The van der Waals surface area contributed by atoms with Crippen LogP contribution in [0.3, 0.4) is 0 Å². The number of thiazole rings is 1. The third-order valence-corrected chi connectivity index (χ3v) is 7.56. The summed E-state index contributed by atoms with van der Waals surface area (Å²) in [6, 6.07) is 10.2. The number of nitrogens with zero attached hydrogens (tertiary/aromatic N) is 3. The van der Waals surface area contributed by atoms with Gasteiger partial charge in [-0.2, -0.15) is 0 Å². The van der Waals surface area contributed by atoms with Gasteiger partial charge in [-0.25, -0.2) is 22.1 Å². The monoisotopic (exact) mass is 446 g/mol. The van der Waals surface area contributed by atoms with Gasteiger partial charge in [-0.15, -0.1) is 11.3 Å². The van der Waals surface area contributed by atoms with Gasteiger partial charge < -0.3 is 10.6 Å². The summed E-state index contributed by atoms with van der Waals surface area (Å²) in [4.78, 5) is 8.51. The predicted molar refractivity (Wildman–Crippen MR) is 115 cm³/mol. The molecule has 1 aromatic carbocycles. The first-order valence-electron chi connectivity index (χ1n) is 8.95. The lowest BCUT2D eigenvalue weighted by Gasteiger charge is -2.40. The first kappa shape index (κ1) is 20.2. The van der Waals surface area contributed by atoms with Gasteiger partial charge >= 0.3 is 0 Å². The Bertz CT molecular complexity index is 1210. The number of rotatable bonds is 4. The molecule has 0 amide bonds. The molecule has 1 fully saturated rings. The number of benzene rings is 1. The van der Waals surface area contributed by atoms with Gasteiger partial charge in [0, 0.05) is 18.1 Å². The Labute approximate surface area is 177 Å². The molecule has 156 valence electrons. The van der Waals surface area contributed by atoms with Crippen molar-refractivity contribution in [3.05, 3.63) is 59.4 Å². The number of aromatic nitrogens is 2. The highest BCUT2D eigenvalue weighted by Gasteiger charge is 2.41. The van der Waals surface area contributed by atoms with Gasteiger partial charge in [0.15, 0.2) is 5.13 Å². The number of halogens is 1. The van der Waals surface area contributed by atoms with E-state index in [0.29, 0.717) is 16.5 Å². The molecule has 0 bridgehead atoms. The lowest BCUT2D eigenvalue weighted by Crippen LogP contribution is -2.60. The van der Waals surface area contributed by atoms with Gasteiger partial charge in [-0.3, -0.25) is 10.4 Å². The number of hydrogen-bond acceptors (Lipinski definition) is 7. The van der Waals surface area contributed by atoms with Crippen molar-refractivity contribution in [2.24, 2.45) is 0 Å². The third kappa shape index (κ3) is 3.85. The van der Waals surface area contributed by atoms with Crippen LogP contribution in [0.2, 0.25) is 0 Å². The van der Waals surface area contributed by atoms with Crippen molar-refractivity contribution in [2.75, 3.05) is 18.1 Å². The Hall–Kier alpha value is -3.05. The van der Waals surface area contributed by atoms with Crippen molar-refractivity contribution in [1.29, 1.82) is 5.41 Å². The van der Waals surface area contributed by atoms with Crippen LogP contribution < -0.4 is 10.6 Å². The van der Waals surface area contributed by atoms with Crippen LogP contribution in [0.15, 0.2) is 48.0 Å². The van der Waals surface area contributed by atoms with E-state index < -0.39 is 21.4 Å². The predicted octanol–water partition coefficient (Wildman–Crippen LogP) is 3.10. The van der Waals surface area contributed by atoms with Crippen LogP contribution in [0.5, 0.6) is 0 Å². The first-order valence-corrected chi connectivity index (χ1v) is 11.4. The summed E-state index contributed by atoms with van der Waals surface area (Å²) in [6.07, 6.45) is 1.15. The molecule has 1 unspecified atom stereocenters. The Kier molecular flexibility index (Phi) is 4.94.